The summed E-state index contributed by atoms with van der Waals surface area (Å²) in [6.07, 6.45) is 5.62. The molecule has 0 atom stereocenters. The van der Waals surface area contributed by atoms with Gasteiger partial charge in [-0.25, -0.2) is 0 Å². The zero-order valence-corrected chi connectivity index (χ0v) is 13.3. The second-order valence-corrected chi connectivity index (χ2v) is 4.72. The van der Waals surface area contributed by atoms with E-state index in [2.05, 4.69) is 49.4 Å². The summed E-state index contributed by atoms with van der Waals surface area (Å²) in [7, 11) is 0. The van der Waals surface area contributed by atoms with E-state index in [1.807, 2.05) is 32.0 Å². The van der Waals surface area contributed by atoms with Crippen molar-refractivity contribution in [2.24, 2.45) is 0 Å². The number of hydrogen-bond acceptors (Lipinski definition) is 0. The van der Waals surface area contributed by atoms with Gasteiger partial charge >= 0.3 is 0 Å². The monoisotopic (exact) mass is 284 g/mol. The summed E-state index contributed by atoms with van der Waals surface area (Å²) >= 11 is 0. The minimum Gasteiger partial charge on any atom is -0.251 e. The van der Waals surface area contributed by atoms with Crippen molar-refractivity contribution in [3.05, 3.63) is 70.8 Å². The maximum Gasteiger partial charge on any atom is 0.0897 e. The molecule has 0 nitrogen and oxygen atoms in total. The molecule has 0 aliphatic carbocycles. The number of halogens is 1. The van der Waals surface area contributed by atoms with Gasteiger partial charge in [0.2, 0.25) is 0 Å². The number of aryl methyl sites for hydroxylation is 2. The fraction of sp³-hybridized carbons (Fsp3) is 0.300. The van der Waals surface area contributed by atoms with Gasteiger partial charge in [0.15, 0.2) is 0 Å². The normalized spacial score (nSPS) is 10.3. The number of hydrogen-bond donors (Lipinski definition) is 0. The Morgan fingerprint density at radius 3 is 2.24 bits per heavy atom. The molecule has 21 heavy (non-hydrogen) atoms. The van der Waals surface area contributed by atoms with E-state index in [1.165, 1.54) is 22.3 Å². The molecule has 0 aliphatic heterocycles. The van der Waals surface area contributed by atoms with E-state index < -0.39 is 0 Å². The summed E-state index contributed by atoms with van der Waals surface area (Å²) in [5.41, 5.74) is 4.84. The Balaban J connectivity index is 0.00000106. The van der Waals surface area contributed by atoms with Crippen LogP contribution in [0.25, 0.3) is 12.2 Å². The highest BCUT2D eigenvalue weighted by atomic mass is 19.1. The number of rotatable bonds is 5. The molecule has 0 aromatic heterocycles. The van der Waals surface area contributed by atoms with Gasteiger partial charge in [-0.3, -0.25) is 4.39 Å². The van der Waals surface area contributed by atoms with Gasteiger partial charge in [0.1, 0.15) is 0 Å². The van der Waals surface area contributed by atoms with Crippen molar-refractivity contribution in [2.45, 2.75) is 33.6 Å². The summed E-state index contributed by atoms with van der Waals surface area (Å²) in [5.74, 6) is 0. The van der Waals surface area contributed by atoms with Crippen molar-refractivity contribution in [3.63, 3.8) is 0 Å². The molecule has 0 fully saturated rings. The molecule has 0 saturated heterocycles. The standard InChI is InChI=1S/C18H19F.C2H6/c1-15-9-10-17(14-18(15)8-5-13-19)12-11-16-6-3-2-4-7-16;1-2/h2-4,6-7,9-12,14H,5,8,13H2,1H3;1-2H3/b12-11+;. The van der Waals surface area contributed by atoms with Crippen LogP contribution in [0.5, 0.6) is 0 Å². The predicted molar refractivity (Wildman–Crippen MR) is 92.2 cm³/mol. The Labute approximate surface area is 128 Å². The van der Waals surface area contributed by atoms with Gasteiger partial charge in [-0.1, -0.05) is 74.5 Å². The Bertz CT molecular complexity index is 541. The van der Waals surface area contributed by atoms with Gasteiger partial charge in [-0.15, -0.1) is 0 Å². The van der Waals surface area contributed by atoms with Gasteiger partial charge in [0, 0.05) is 0 Å². The molecular weight excluding hydrogens is 259 g/mol. The molecule has 0 radical (unpaired) electrons. The van der Waals surface area contributed by atoms with E-state index in [0.717, 1.165) is 6.42 Å². The first-order chi connectivity index (χ1) is 10.3. The average molecular weight is 284 g/mol. The zero-order chi connectivity index (χ0) is 15.5. The largest absolute Gasteiger partial charge is 0.251 e. The molecular formula is C20H25F. The van der Waals surface area contributed by atoms with Crippen molar-refractivity contribution in [1.29, 1.82) is 0 Å². The molecule has 0 N–H and O–H groups in total. The van der Waals surface area contributed by atoms with E-state index in [1.54, 1.807) is 0 Å². The summed E-state index contributed by atoms with van der Waals surface area (Å²) < 4.78 is 12.3. The first-order valence-corrected chi connectivity index (χ1v) is 7.68. The van der Waals surface area contributed by atoms with Gasteiger partial charge < -0.3 is 0 Å². The third-order valence-corrected chi connectivity index (χ3v) is 3.22. The molecule has 0 saturated carbocycles. The predicted octanol–water partition coefficient (Wildman–Crippen LogP) is 6.09. The van der Waals surface area contributed by atoms with Crippen LogP contribution in [0.2, 0.25) is 0 Å². The summed E-state index contributed by atoms with van der Waals surface area (Å²) in [6.45, 7) is 5.84. The van der Waals surface area contributed by atoms with E-state index in [-0.39, 0.29) is 6.67 Å². The molecule has 2 rings (SSSR count). The molecule has 1 heteroatoms. The summed E-state index contributed by atoms with van der Waals surface area (Å²) in [6, 6.07) is 16.6. The molecule has 0 aliphatic rings. The first kappa shape index (κ1) is 17.2. The van der Waals surface area contributed by atoms with Gasteiger partial charge in [0.05, 0.1) is 6.67 Å². The quantitative estimate of drug-likeness (QED) is 0.582. The van der Waals surface area contributed by atoms with E-state index in [4.69, 9.17) is 0 Å². The van der Waals surface area contributed by atoms with E-state index in [0.29, 0.717) is 6.42 Å². The Morgan fingerprint density at radius 1 is 0.905 bits per heavy atom. The van der Waals surface area contributed by atoms with Crippen LogP contribution in [-0.2, 0) is 6.42 Å². The van der Waals surface area contributed by atoms with Gasteiger partial charge in [-0.05, 0) is 42.0 Å². The van der Waals surface area contributed by atoms with E-state index in [9.17, 15) is 4.39 Å². The van der Waals surface area contributed by atoms with Crippen LogP contribution in [0, 0.1) is 6.92 Å². The lowest BCUT2D eigenvalue weighted by atomic mass is 10.0. The maximum atomic E-state index is 12.3. The van der Waals surface area contributed by atoms with Crippen molar-refractivity contribution >= 4 is 12.2 Å². The Kier molecular flexibility index (Phi) is 8.11. The van der Waals surface area contributed by atoms with Crippen LogP contribution >= 0.6 is 0 Å². The third kappa shape index (κ3) is 5.95. The van der Waals surface area contributed by atoms with Gasteiger partial charge in [-0.2, -0.15) is 0 Å². The van der Waals surface area contributed by atoms with Crippen molar-refractivity contribution in [3.8, 4) is 0 Å². The fourth-order valence-electron chi connectivity index (χ4n) is 2.08. The number of benzene rings is 2. The van der Waals surface area contributed by atoms with Crippen molar-refractivity contribution in [2.75, 3.05) is 6.67 Å². The molecule has 2 aromatic carbocycles. The van der Waals surface area contributed by atoms with E-state index >= 15 is 0 Å². The Morgan fingerprint density at radius 2 is 1.57 bits per heavy atom. The van der Waals surface area contributed by atoms with Gasteiger partial charge in [0.25, 0.3) is 0 Å². The fourth-order valence-corrected chi connectivity index (χ4v) is 2.08. The SMILES string of the molecule is CC.Cc1ccc(/C=C/c2ccccc2)cc1CCCF. The van der Waals surface area contributed by atoms with Crippen molar-refractivity contribution in [1.82, 2.24) is 0 Å². The molecule has 112 valence electrons. The summed E-state index contributed by atoms with van der Waals surface area (Å²) in [5, 5.41) is 0. The molecule has 0 bridgehead atoms. The summed E-state index contributed by atoms with van der Waals surface area (Å²) in [4.78, 5) is 0. The molecule has 2 aromatic rings. The topological polar surface area (TPSA) is 0 Å². The molecule has 0 unspecified atom stereocenters. The lowest BCUT2D eigenvalue weighted by Crippen LogP contribution is -1.91. The van der Waals surface area contributed by atoms with Crippen LogP contribution in [0.3, 0.4) is 0 Å². The van der Waals surface area contributed by atoms with Crippen LogP contribution in [0.15, 0.2) is 48.5 Å². The lowest BCUT2D eigenvalue weighted by Gasteiger charge is -2.06. The second-order valence-electron chi connectivity index (χ2n) is 4.72. The second kappa shape index (κ2) is 9.93. The minimum absolute atomic E-state index is 0.247. The zero-order valence-electron chi connectivity index (χ0n) is 13.3. The van der Waals surface area contributed by atoms with Crippen molar-refractivity contribution < 1.29 is 4.39 Å². The average Bonchev–Trinajstić information content (AvgIpc) is 2.55. The highest BCUT2D eigenvalue weighted by Gasteiger charge is 1.99. The van der Waals surface area contributed by atoms with Crippen LogP contribution < -0.4 is 0 Å². The third-order valence-electron chi connectivity index (χ3n) is 3.22. The number of alkyl halides is 1. The minimum atomic E-state index is -0.247. The highest BCUT2D eigenvalue weighted by Crippen LogP contribution is 2.16. The van der Waals surface area contributed by atoms with Crippen LogP contribution in [-0.4, -0.2) is 6.67 Å². The molecule has 0 heterocycles. The molecule has 0 amide bonds. The molecule has 0 spiro atoms. The Hall–Kier alpha value is -1.89. The van der Waals surface area contributed by atoms with Crippen LogP contribution in [0.1, 0.15) is 42.5 Å². The van der Waals surface area contributed by atoms with Crippen LogP contribution in [0.4, 0.5) is 4.39 Å². The smallest absolute Gasteiger partial charge is 0.0897 e. The maximum absolute atomic E-state index is 12.3. The first-order valence-electron chi connectivity index (χ1n) is 7.68. The highest BCUT2D eigenvalue weighted by molar-refractivity contribution is 5.70. The lowest BCUT2D eigenvalue weighted by molar-refractivity contribution is 0.473.